The summed E-state index contributed by atoms with van der Waals surface area (Å²) in [5.41, 5.74) is 0.961. The largest absolute Gasteiger partial charge is 0.435 e. The van der Waals surface area contributed by atoms with E-state index in [1.807, 2.05) is 25.1 Å². The first-order valence-corrected chi connectivity index (χ1v) is 9.15. The number of aromatic nitrogens is 4. The molecule has 1 N–H and O–H groups in total. The van der Waals surface area contributed by atoms with Gasteiger partial charge in [-0.1, -0.05) is 23.7 Å². The number of hydrogen-bond donors (Lipinski definition) is 1. The van der Waals surface area contributed by atoms with Crippen LogP contribution in [0.5, 0.6) is 0 Å². The van der Waals surface area contributed by atoms with Crippen LogP contribution in [0.4, 0.5) is 19.0 Å². The van der Waals surface area contributed by atoms with E-state index < -0.39 is 23.8 Å². The molecular formula is C19H19ClF3N5O. The first-order chi connectivity index (χ1) is 13.5. The van der Waals surface area contributed by atoms with Crippen molar-refractivity contribution in [1.29, 1.82) is 0 Å². The molecule has 1 atom stereocenters. The molecule has 1 unspecified atom stereocenters. The maximum absolute atomic E-state index is 12.8. The summed E-state index contributed by atoms with van der Waals surface area (Å²) in [7, 11) is 0. The average Bonchev–Trinajstić information content (AvgIpc) is 3.17. The number of anilines is 1. The number of nitrogens with one attached hydrogen (secondary N) is 1. The lowest BCUT2D eigenvalue weighted by Crippen LogP contribution is -2.26. The van der Waals surface area contributed by atoms with Crippen molar-refractivity contribution in [3.63, 3.8) is 0 Å². The Morgan fingerprint density at radius 3 is 2.52 bits per heavy atom. The van der Waals surface area contributed by atoms with Crippen LogP contribution in [0.3, 0.4) is 0 Å². The van der Waals surface area contributed by atoms with Crippen LogP contribution >= 0.6 is 11.6 Å². The minimum Gasteiger partial charge on any atom is -0.307 e. The average molecular weight is 426 g/mol. The van der Waals surface area contributed by atoms with Crippen LogP contribution < -0.4 is 5.32 Å². The zero-order chi connectivity index (χ0) is 21.3. The molecule has 0 bridgehead atoms. The van der Waals surface area contributed by atoms with Gasteiger partial charge in [0.25, 0.3) is 0 Å². The molecule has 0 aliphatic rings. The molecule has 3 rings (SSSR count). The molecule has 0 radical (unpaired) electrons. The number of amides is 1. The second-order valence-corrected chi connectivity index (χ2v) is 7.17. The Labute approximate surface area is 170 Å². The fraction of sp³-hybridized carbons (Fsp3) is 0.316. The van der Waals surface area contributed by atoms with Crippen LogP contribution in [0.15, 0.2) is 36.4 Å². The fourth-order valence-electron chi connectivity index (χ4n) is 2.90. The van der Waals surface area contributed by atoms with Gasteiger partial charge in [-0.05, 0) is 44.5 Å². The third-order valence-electron chi connectivity index (χ3n) is 4.41. The maximum atomic E-state index is 12.8. The number of aryl methyl sites for hydroxylation is 2. The number of rotatable bonds is 5. The van der Waals surface area contributed by atoms with Gasteiger partial charge in [0, 0.05) is 22.5 Å². The van der Waals surface area contributed by atoms with Gasteiger partial charge in [0.1, 0.15) is 6.04 Å². The molecule has 1 aromatic carbocycles. The Morgan fingerprint density at radius 2 is 1.90 bits per heavy atom. The maximum Gasteiger partial charge on any atom is 0.435 e. The summed E-state index contributed by atoms with van der Waals surface area (Å²) in [5.74, 6) is -0.209. The van der Waals surface area contributed by atoms with E-state index in [9.17, 15) is 18.0 Å². The number of alkyl halides is 3. The lowest BCUT2D eigenvalue weighted by Gasteiger charge is -2.13. The number of nitrogens with zero attached hydrogens (tertiary/aromatic N) is 4. The van der Waals surface area contributed by atoms with Crippen LogP contribution in [0, 0.1) is 13.8 Å². The van der Waals surface area contributed by atoms with Gasteiger partial charge >= 0.3 is 6.18 Å². The van der Waals surface area contributed by atoms with Crippen molar-refractivity contribution in [2.45, 2.75) is 39.5 Å². The van der Waals surface area contributed by atoms with Crippen molar-refractivity contribution < 1.29 is 18.0 Å². The van der Waals surface area contributed by atoms with E-state index in [1.165, 1.54) is 13.8 Å². The highest BCUT2D eigenvalue weighted by Crippen LogP contribution is 2.29. The van der Waals surface area contributed by atoms with E-state index in [1.54, 1.807) is 16.8 Å². The van der Waals surface area contributed by atoms with E-state index in [2.05, 4.69) is 15.5 Å². The van der Waals surface area contributed by atoms with E-state index >= 15 is 0 Å². The van der Waals surface area contributed by atoms with E-state index in [4.69, 9.17) is 11.6 Å². The van der Waals surface area contributed by atoms with Crippen LogP contribution in [0.25, 0.3) is 0 Å². The van der Waals surface area contributed by atoms with Crippen LogP contribution in [0.1, 0.15) is 35.6 Å². The molecule has 2 heterocycles. The topological polar surface area (TPSA) is 64.7 Å². The summed E-state index contributed by atoms with van der Waals surface area (Å²) in [4.78, 5) is 12.5. The SMILES string of the molecule is Cc1cc(NC(=O)C(C)n2nc(C(F)(F)F)cc2C)nn1Cc1cccc(Cl)c1. The van der Waals surface area contributed by atoms with E-state index in [0.717, 1.165) is 22.0 Å². The van der Waals surface area contributed by atoms with Crippen molar-refractivity contribution in [2.75, 3.05) is 5.32 Å². The molecule has 6 nitrogen and oxygen atoms in total. The number of carbonyl (C=O) groups excluding carboxylic acids is 1. The standard InChI is InChI=1S/C19H19ClF3N5O/c1-11-8-17(26-27(11)10-14-5-4-6-15(20)9-14)24-18(29)13(3)28-12(2)7-16(25-28)19(21,22)23/h4-9,13H,10H2,1-3H3,(H,24,26,29). The van der Waals surface area contributed by atoms with Gasteiger partial charge in [0.2, 0.25) is 5.91 Å². The smallest absolute Gasteiger partial charge is 0.307 e. The lowest BCUT2D eigenvalue weighted by molar-refractivity contribution is -0.141. The van der Waals surface area contributed by atoms with Crippen molar-refractivity contribution in [3.05, 3.63) is 64.1 Å². The second-order valence-electron chi connectivity index (χ2n) is 6.74. The highest BCUT2D eigenvalue weighted by atomic mass is 35.5. The normalized spacial score (nSPS) is 12.8. The summed E-state index contributed by atoms with van der Waals surface area (Å²) >= 11 is 6.00. The first kappa shape index (κ1) is 20.9. The molecule has 0 saturated heterocycles. The quantitative estimate of drug-likeness (QED) is 0.649. The Morgan fingerprint density at radius 1 is 1.17 bits per heavy atom. The fourth-order valence-corrected chi connectivity index (χ4v) is 3.11. The number of hydrogen-bond acceptors (Lipinski definition) is 3. The monoisotopic (exact) mass is 425 g/mol. The second kappa shape index (κ2) is 7.90. The Bertz CT molecular complexity index is 1040. The van der Waals surface area contributed by atoms with Gasteiger partial charge < -0.3 is 5.32 Å². The Kier molecular flexibility index (Phi) is 5.70. The minimum atomic E-state index is -4.57. The molecule has 1 amide bonds. The first-order valence-electron chi connectivity index (χ1n) is 8.77. The highest BCUT2D eigenvalue weighted by Gasteiger charge is 2.35. The van der Waals surface area contributed by atoms with Crippen molar-refractivity contribution >= 4 is 23.3 Å². The highest BCUT2D eigenvalue weighted by molar-refractivity contribution is 6.30. The van der Waals surface area contributed by atoms with Crippen molar-refractivity contribution in [1.82, 2.24) is 19.6 Å². The predicted molar refractivity (Wildman–Crippen MR) is 103 cm³/mol. The third kappa shape index (κ3) is 4.79. The van der Waals surface area contributed by atoms with Gasteiger partial charge in [-0.3, -0.25) is 14.2 Å². The molecule has 0 saturated carbocycles. The van der Waals surface area contributed by atoms with E-state index in [-0.39, 0.29) is 5.69 Å². The molecule has 10 heteroatoms. The number of halogens is 4. The van der Waals surface area contributed by atoms with Crippen LogP contribution in [-0.2, 0) is 17.5 Å². The molecule has 2 aromatic heterocycles. The molecule has 0 fully saturated rings. The molecule has 0 spiro atoms. The van der Waals surface area contributed by atoms with Crippen molar-refractivity contribution in [2.24, 2.45) is 0 Å². The predicted octanol–water partition coefficient (Wildman–Crippen LogP) is 4.62. The lowest BCUT2D eigenvalue weighted by atomic mass is 10.2. The van der Waals surface area contributed by atoms with Crippen LogP contribution in [0.2, 0.25) is 5.02 Å². The Balaban J connectivity index is 1.73. The summed E-state index contributed by atoms with van der Waals surface area (Å²) < 4.78 is 41.3. The summed E-state index contributed by atoms with van der Waals surface area (Å²) in [5, 5.41) is 11.1. The third-order valence-corrected chi connectivity index (χ3v) is 4.65. The zero-order valence-corrected chi connectivity index (χ0v) is 16.7. The van der Waals surface area contributed by atoms with Gasteiger partial charge in [0.15, 0.2) is 11.5 Å². The number of benzene rings is 1. The van der Waals surface area contributed by atoms with E-state index in [0.29, 0.717) is 17.4 Å². The molecule has 29 heavy (non-hydrogen) atoms. The van der Waals surface area contributed by atoms with Gasteiger partial charge in [-0.25, -0.2) is 0 Å². The molecule has 0 aliphatic heterocycles. The van der Waals surface area contributed by atoms with Gasteiger partial charge in [-0.2, -0.15) is 23.4 Å². The van der Waals surface area contributed by atoms with Gasteiger partial charge in [0.05, 0.1) is 6.54 Å². The van der Waals surface area contributed by atoms with Crippen molar-refractivity contribution in [3.8, 4) is 0 Å². The minimum absolute atomic E-state index is 0.239. The summed E-state index contributed by atoms with van der Waals surface area (Å²) in [6, 6.07) is 9.00. The molecular weight excluding hydrogens is 407 g/mol. The molecule has 154 valence electrons. The number of carbonyl (C=O) groups is 1. The van der Waals surface area contributed by atoms with Gasteiger partial charge in [-0.15, -0.1) is 0 Å². The Hall–Kier alpha value is -2.81. The summed E-state index contributed by atoms with van der Waals surface area (Å²) in [6.07, 6.45) is -4.57. The molecule has 3 aromatic rings. The van der Waals surface area contributed by atoms with Crippen LogP contribution in [-0.4, -0.2) is 25.5 Å². The summed E-state index contributed by atoms with van der Waals surface area (Å²) in [6.45, 7) is 5.25. The zero-order valence-electron chi connectivity index (χ0n) is 16.0. The molecule has 0 aliphatic carbocycles.